The first-order chi connectivity index (χ1) is 18.7. The molecule has 0 saturated heterocycles. The van der Waals surface area contributed by atoms with Crippen LogP contribution in [0.2, 0.25) is 10.0 Å². The van der Waals surface area contributed by atoms with Gasteiger partial charge in [-0.25, -0.2) is 8.42 Å². The Labute approximate surface area is 247 Å². The van der Waals surface area contributed by atoms with E-state index < -0.39 is 34.1 Å². The Morgan fingerprint density at radius 1 is 0.900 bits per heavy atom. The van der Waals surface area contributed by atoms with E-state index in [0.717, 1.165) is 9.87 Å². The van der Waals surface area contributed by atoms with Crippen molar-refractivity contribution in [2.45, 2.75) is 64.1 Å². The van der Waals surface area contributed by atoms with E-state index in [-0.39, 0.29) is 17.3 Å². The zero-order chi connectivity index (χ0) is 29.7. The first-order valence-electron chi connectivity index (χ1n) is 12.9. The number of anilines is 1. The fourth-order valence-electron chi connectivity index (χ4n) is 4.25. The monoisotopic (exact) mass is 603 g/mol. The highest BCUT2D eigenvalue weighted by atomic mass is 35.5. The first-order valence-corrected chi connectivity index (χ1v) is 15.1. The Hall–Kier alpha value is -3.07. The second-order valence-electron chi connectivity index (χ2n) is 10.6. The third kappa shape index (κ3) is 7.99. The van der Waals surface area contributed by atoms with Crippen LogP contribution < -0.4 is 9.62 Å². The number of sulfonamides is 1. The number of aryl methyl sites for hydroxylation is 1. The summed E-state index contributed by atoms with van der Waals surface area (Å²) in [7, 11) is -4.17. The highest BCUT2D eigenvalue weighted by Gasteiger charge is 2.35. The summed E-state index contributed by atoms with van der Waals surface area (Å²) in [5.74, 6) is -0.841. The van der Waals surface area contributed by atoms with Gasteiger partial charge in [-0.15, -0.1) is 0 Å². The Balaban J connectivity index is 2.08. The number of amides is 2. The summed E-state index contributed by atoms with van der Waals surface area (Å²) in [6, 6.07) is 18.9. The molecule has 0 aliphatic heterocycles. The van der Waals surface area contributed by atoms with E-state index in [1.165, 1.54) is 29.2 Å². The second-order valence-corrected chi connectivity index (χ2v) is 13.3. The van der Waals surface area contributed by atoms with Crippen LogP contribution in [-0.2, 0) is 26.2 Å². The fraction of sp³-hybridized carbons (Fsp3) is 0.333. The van der Waals surface area contributed by atoms with Gasteiger partial charge >= 0.3 is 0 Å². The third-order valence-corrected chi connectivity index (χ3v) is 8.49. The van der Waals surface area contributed by atoms with Crippen LogP contribution in [-0.4, -0.2) is 43.3 Å². The Bertz CT molecular complexity index is 1440. The van der Waals surface area contributed by atoms with Crippen LogP contribution in [0.5, 0.6) is 0 Å². The molecule has 2 amide bonds. The lowest BCUT2D eigenvalue weighted by molar-refractivity contribution is -0.141. The van der Waals surface area contributed by atoms with Crippen molar-refractivity contribution in [2.75, 3.05) is 10.8 Å². The van der Waals surface area contributed by atoms with E-state index in [9.17, 15) is 18.0 Å². The highest BCUT2D eigenvalue weighted by molar-refractivity contribution is 7.92. The molecule has 0 aliphatic carbocycles. The molecule has 0 bridgehead atoms. The topological polar surface area (TPSA) is 86.8 Å². The van der Waals surface area contributed by atoms with Crippen molar-refractivity contribution in [3.8, 4) is 0 Å². The number of hydrogen-bond donors (Lipinski definition) is 1. The predicted molar refractivity (Wildman–Crippen MR) is 161 cm³/mol. The second kappa shape index (κ2) is 13.1. The number of hydrogen-bond acceptors (Lipinski definition) is 4. The minimum atomic E-state index is -4.17. The minimum absolute atomic E-state index is 0.00489. The van der Waals surface area contributed by atoms with E-state index >= 15 is 0 Å². The zero-order valence-corrected chi connectivity index (χ0v) is 25.6. The summed E-state index contributed by atoms with van der Waals surface area (Å²) in [5.41, 5.74) is 1.27. The van der Waals surface area contributed by atoms with Crippen molar-refractivity contribution in [3.63, 3.8) is 0 Å². The van der Waals surface area contributed by atoms with Gasteiger partial charge in [-0.05, 0) is 87.7 Å². The number of nitrogens with zero attached hydrogens (tertiary/aromatic N) is 2. The molecular formula is C30H35Cl2N3O4S. The molecule has 0 radical (unpaired) electrons. The molecule has 3 aromatic rings. The van der Waals surface area contributed by atoms with Crippen molar-refractivity contribution in [2.24, 2.45) is 0 Å². The molecule has 0 saturated carbocycles. The number of carbonyl (C=O) groups is 2. The van der Waals surface area contributed by atoms with Crippen molar-refractivity contribution in [1.82, 2.24) is 10.2 Å². The van der Waals surface area contributed by atoms with Gasteiger partial charge < -0.3 is 10.2 Å². The quantitative estimate of drug-likeness (QED) is 0.298. The maximum atomic E-state index is 14.1. The van der Waals surface area contributed by atoms with Gasteiger partial charge in [0.25, 0.3) is 10.0 Å². The van der Waals surface area contributed by atoms with E-state index in [0.29, 0.717) is 27.7 Å². The summed E-state index contributed by atoms with van der Waals surface area (Å²) < 4.78 is 29.0. The molecule has 214 valence electrons. The van der Waals surface area contributed by atoms with Crippen molar-refractivity contribution in [1.29, 1.82) is 0 Å². The molecule has 7 nitrogen and oxygen atoms in total. The van der Waals surface area contributed by atoms with Gasteiger partial charge in [0.05, 0.1) is 10.6 Å². The number of nitrogens with one attached hydrogen (secondary N) is 1. The largest absolute Gasteiger partial charge is 0.350 e. The normalized spacial score (nSPS) is 12.5. The van der Waals surface area contributed by atoms with Gasteiger partial charge in [-0.3, -0.25) is 13.9 Å². The number of rotatable bonds is 10. The molecule has 40 heavy (non-hydrogen) atoms. The van der Waals surface area contributed by atoms with Gasteiger partial charge in [0.2, 0.25) is 11.8 Å². The lowest BCUT2D eigenvalue weighted by Gasteiger charge is -2.35. The fourth-order valence-corrected chi connectivity index (χ4v) is 5.98. The summed E-state index contributed by atoms with van der Waals surface area (Å²) in [6.07, 6.45) is 0.329. The SMILES string of the molecule is CCC(C(=O)NC(C)(C)C)N(Cc1ccc(Cl)cc1)C(=O)CN(c1ccccc1C)S(=O)(=O)c1ccc(Cl)cc1. The first kappa shape index (κ1) is 31.5. The molecule has 10 heteroatoms. The van der Waals surface area contributed by atoms with Crippen LogP contribution in [0.1, 0.15) is 45.2 Å². The molecule has 3 aromatic carbocycles. The number of para-hydroxylation sites is 1. The van der Waals surface area contributed by atoms with Crippen molar-refractivity contribution < 1.29 is 18.0 Å². The summed E-state index contributed by atoms with van der Waals surface area (Å²) in [5, 5.41) is 3.89. The molecular weight excluding hydrogens is 569 g/mol. The van der Waals surface area contributed by atoms with Gasteiger partial charge in [0.1, 0.15) is 12.6 Å². The summed E-state index contributed by atoms with van der Waals surface area (Å²) in [4.78, 5) is 28.9. The third-order valence-electron chi connectivity index (χ3n) is 6.21. The lowest BCUT2D eigenvalue weighted by atomic mass is 10.1. The van der Waals surface area contributed by atoms with Gasteiger partial charge in [0.15, 0.2) is 0 Å². The smallest absolute Gasteiger partial charge is 0.264 e. The predicted octanol–water partition coefficient (Wildman–Crippen LogP) is 6.22. The van der Waals surface area contributed by atoms with Crippen LogP contribution in [0.15, 0.2) is 77.7 Å². The highest BCUT2D eigenvalue weighted by Crippen LogP contribution is 2.28. The Kier molecular flexibility index (Phi) is 10.3. The molecule has 0 aromatic heterocycles. The van der Waals surface area contributed by atoms with E-state index in [1.807, 2.05) is 27.7 Å². The summed E-state index contributed by atoms with van der Waals surface area (Å²) in [6.45, 7) is 8.77. The van der Waals surface area contributed by atoms with Crippen LogP contribution in [0, 0.1) is 6.92 Å². The van der Waals surface area contributed by atoms with E-state index in [2.05, 4.69) is 5.32 Å². The molecule has 3 rings (SSSR count). The van der Waals surface area contributed by atoms with Crippen LogP contribution in [0.3, 0.4) is 0 Å². The van der Waals surface area contributed by atoms with Crippen molar-refractivity contribution in [3.05, 3.63) is 94.0 Å². The molecule has 0 fully saturated rings. The number of carbonyl (C=O) groups excluding carboxylic acids is 2. The van der Waals surface area contributed by atoms with Gasteiger partial charge in [-0.1, -0.05) is 60.5 Å². The van der Waals surface area contributed by atoms with E-state index in [1.54, 1.807) is 55.5 Å². The summed E-state index contributed by atoms with van der Waals surface area (Å²) >= 11 is 12.1. The Morgan fingerprint density at radius 2 is 1.45 bits per heavy atom. The molecule has 0 spiro atoms. The minimum Gasteiger partial charge on any atom is -0.350 e. The zero-order valence-electron chi connectivity index (χ0n) is 23.3. The average Bonchev–Trinajstić information content (AvgIpc) is 2.88. The maximum absolute atomic E-state index is 14.1. The number of benzene rings is 3. The molecule has 1 atom stereocenters. The molecule has 0 aliphatic rings. The van der Waals surface area contributed by atoms with E-state index in [4.69, 9.17) is 23.2 Å². The van der Waals surface area contributed by atoms with Crippen LogP contribution >= 0.6 is 23.2 Å². The lowest BCUT2D eigenvalue weighted by Crippen LogP contribution is -2.55. The average molecular weight is 605 g/mol. The Morgan fingerprint density at radius 3 is 1.98 bits per heavy atom. The molecule has 1 N–H and O–H groups in total. The molecule has 0 heterocycles. The molecule has 1 unspecified atom stereocenters. The van der Waals surface area contributed by atoms with Gasteiger partial charge in [-0.2, -0.15) is 0 Å². The number of halogens is 2. The van der Waals surface area contributed by atoms with Crippen LogP contribution in [0.25, 0.3) is 0 Å². The standard InChI is InChI=1S/C30H35Cl2N3O4S/c1-6-26(29(37)33-30(3,4)5)34(19-22-11-13-23(31)14-12-22)28(36)20-35(27-10-8-7-9-21(27)2)40(38,39)25-17-15-24(32)16-18-25/h7-18,26H,6,19-20H2,1-5H3,(H,33,37). The van der Waals surface area contributed by atoms with Crippen LogP contribution in [0.4, 0.5) is 5.69 Å². The van der Waals surface area contributed by atoms with Gasteiger partial charge in [0, 0.05) is 22.1 Å². The van der Waals surface area contributed by atoms with Crippen molar-refractivity contribution >= 4 is 50.7 Å². The maximum Gasteiger partial charge on any atom is 0.264 e.